The Morgan fingerprint density at radius 3 is 2.60 bits per heavy atom. The molecular formula is C24H19ClN2O3. The van der Waals surface area contributed by atoms with Gasteiger partial charge in [0.1, 0.15) is 17.3 Å². The molecule has 1 amide bonds. The van der Waals surface area contributed by atoms with Gasteiger partial charge in [0.05, 0.1) is 18.9 Å². The fourth-order valence-corrected chi connectivity index (χ4v) is 3.38. The molecule has 0 aliphatic rings. The van der Waals surface area contributed by atoms with Gasteiger partial charge in [0.25, 0.3) is 5.91 Å². The molecule has 0 fully saturated rings. The number of carbonyl (C=O) groups is 1. The van der Waals surface area contributed by atoms with E-state index in [1.165, 1.54) is 13.3 Å². The third-order valence-electron chi connectivity index (χ3n) is 4.76. The molecule has 0 atom stereocenters. The number of methoxy groups -OCH3 is 1. The number of nitrogens with zero attached hydrogens (tertiary/aromatic N) is 1. The minimum absolute atomic E-state index is 0.369. The van der Waals surface area contributed by atoms with E-state index >= 15 is 0 Å². The van der Waals surface area contributed by atoms with Gasteiger partial charge in [0.2, 0.25) is 0 Å². The van der Waals surface area contributed by atoms with Crippen LogP contribution in [0.15, 0.2) is 76.2 Å². The largest absolute Gasteiger partial charge is 0.496 e. The van der Waals surface area contributed by atoms with Crippen LogP contribution >= 0.6 is 11.6 Å². The molecule has 4 aromatic rings. The molecule has 3 aromatic carbocycles. The Labute approximate surface area is 178 Å². The highest BCUT2D eigenvalue weighted by molar-refractivity contribution is 6.30. The molecule has 0 unspecified atom stereocenters. The molecule has 1 heterocycles. The van der Waals surface area contributed by atoms with E-state index in [4.69, 9.17) is 20.8 Å². The van der Waals surface area contributed by atoms with Crippen LogP contribution in [0.3, 0.4) is 0 Å². The average molecular weight is 419 g/mol. The molecule has 5 nitrogen and oxygen atoms in total. The first-order valence-corrected chi connectivity index (χ1v) is 9.69. The summed E-state index contributed by atoms with van der Waals surface area (Å²) in [6, 6.07) is 20.6. The standard InChI is InChI=1S/C24H19ClN2O3/c1-15-7-8-18(25)13-20(15)22-10-9-19(30-22)14-26-27-24(28)21-11-16-5-3-4-6-17(16)12-23(21)29-2/h3-14H,1-2H3,(H,27,28). The first-order chi connectivity index (χ1) is 14.5. The number of carbonyl (C=O) groups excluding carboxylic acids is 1. The summed E-state index contributed by atoms with van der Waals surface area (Å²) in [6.07, 6.45) is 1.45. The summed E-state index contributed by atoms with van der Waals surface area (Å²) in [5.41, 5.74) is 4.89. The number of furan rings is 1. The molecule has 4 rings (SSSR count). The van der Waals surface area contributed by atoms with Crippen LogP contribution < -0.4 is 10.2 Å². The number of rotatable bonds is 5. The molecular weight excluding hydrogens is 400 g/mol. The van der Waals surface area contributed by atoms with Crippen molar-refractivity contribution < 1.29 is 13.9 Å². The maximum Gasteiger partial charge on any atom is 0.275 e. The zero-order valence-electron chi connectivity index (χ0n) is 16.5. The minimum Gasteiger partial charge on any atom is -0.496 e. The van der Waals surface area contributed by atoms with Gasteiger partial charge in [-0.3, -0.25) is 4.79 Å². The highest BCUT2D eigenvalue weighted by atomic mass is 35.5. The maximum absolute atomic E-state index is 12.6. The third-order valence-corrected chi connectivity index (χ3v) is 5.00. The summed E-state index contributed by atoms with van der Waals surface area (Å²) in [6.45, 7) is 1.99. The second kappa shape index (κ2) is 8.43. The molecule has 0 saturated carbocycles. The predicted octanol–water partition coefficient (Wildman–Crippen LogP) is 5.83. The lowest BCUT2D eigenvalue weighted by Gasteiger charge is -2.09. The molecule has 0 aliphatic carbocycles. The van der Waals surface area contributed by atoms with Crippen LogP contribution in [0.25, 0.3) is 22.1 Å². The van der Waals surface area contributed by atoms with Crippen molar-refractivity contribution in [3.8, 4) is 17.1 Å². The second-order valence-corrected chi connectivity index (χ2v) is 7.20. The molecule has 0 spiro atoms. The van der Waals surface area contributed by atoms with Crippen LogP contribution in [0.1, 0.15) is 21.7 Å². The summed E-state index contributed by atoms with van der Waals surface area (Å²) in [7, 11) is 1.53. The molecule has 1 N–H and O–H groups in total. The molecule has 0 radical (unpaired) electrons. The van der Waals surface area contributed by atoms with Gasteiger partial charge in [0.15, 0.2) is 0 Å². The Bertz CT molecular complexity index is 1260. The van der Waals surface area contributed by atoms with Gasteiger partial charge < -0.3 is 9.15 Å². The quantitative estimate of drug-likeness (QED) is 0.327. The Kier molecular flexibility index (Phi) is 5.55. The first kappa shape index (κ1) is 19.7. The van der Waals surface area contributed by atoms with Crippen LogP contribution in [-0.2, 0) is 0 Å². The lowest BCUT2D eigenvalue weighted by Crippen LogP contribution is -2.18. The van der Waals surface area contributed by atoms with Crippen molar-refractivity contribution in [1.82, 2.24) is 5.43 Å². The van der Waals surface area contributed by atoms with Gasteiger partial charge in [-0.15, -0.1) is 0 Å². The number of nitrogens with one attached hydrogen (secondary N) is 1. The van der Waals surface area contributed by atoms with Crippen LogP contribution in [-0.4, -0.2) is 19.2 Å². The van der Waals surface area contributed by atoms with Gasteiger partial charge in [-0.1, -0.05) is 41.9 Å². The number of fused-ring (bicyclic) bond motifs is 1. The molecule has 6 heteroatoms. The number of ether oxygens (including phenoxy) is 1. The highest BCUT2D eigenvalue weighted by Gasteiger charge is 2.13. The van der Waals surface area contributed by atoms with Gasteiger partial charge >= 0.3 is 0 Å². The zero-order valence-corrected chi connectivity index (χ0v) is 17.2. The number of hydrogen-bond acceptors (Lipinski definition) is 4. The van der Waals surface area contributed by atoms with Crippen LogP contribution in [0, 0.1) is 6.92 Å². The van der Waals surface area contributed by atoms with E-state index in [1.54, 1.807) is 12.1 Å². The van der Waals surface area contributed by atoms with E-state index < -0.39 is 0 Å². The van der Waals surface area contributed by atoms with E-state index in [2.05, 4.69) is 10.5 Å². The van der Waals surface area contributed by atoms with Crippen molar-refractivity contribution in [1.29, 1.82) is 0 Å². The Balaban J connectivity index is 1.51. The van der Waals surface area contributed by atoms with Crippen LogP contribution in [0.4, 0.5) is 0 Å². The van der Waals surface area contributed by atoms with E-state index in [9.17, 15) is 4.79 Å². The number of benzene rings is 3. The van der Waals surface area contributed by atoms with Gasteiger partial charge in [-0.25, -0.2) is 5.43 Å². The smallest absolute Gasteiger partial charge is 0.275 e. The van der Waals surface area contributed by atoms with Crippen molar-refractivity contribution in [3.63, 3.8) is 0 Å². The Hall–Kier alpha value is -3.57. The minimum atomic E-state index is -0.369. The van der Waals surface area contributed by atoms with Crippen molar-refractivity contribution in [2.45, 2.75) is 6.92 Å². The summed E-state index contributed by atoms with van der Waals surface area (Å²) in [5.74, 6) is 1.30. The lowest BCUT2D eigenvalue weighted by molar-refractivity contribution is 0.0952. The van der Waals surface area contributed by atoms with E-state index in [0.717, 1.165) is 21.9 Å². The number of hydrazone groups is 1. The highest BCUT2D eigenvalue weighted by Crippen LogP contribution is 2.28. The third kappa shape index (κ3) is 4.07. The summed E-state index contributed by atoms with van der Waals surface area (Å²) >= 11 is 6.09. The van der Waals surface area contributed by atoms with Crippen LogP contribution in [0.5, 0.6) is 5.75 Å². The number of halogens is 1. The SMILES string of the molecule is COc1cc2ccccc2cc1C(=O)NN=Cc1ccc(-c2cc(Cl)ccc2C)o1. The van der Waals surface area contributed by atoms with E-state index in [0.29, 0.717) is 27.9 Å². The van der Waals surface area contributed by atoms with E-state index in [-0.39, 0.29) is 5.91 Å². The van der Waals surface area contributed by atoms with E-state index in [1.807, 2.05) is 61.5 Å². The van der Waals surface area contributed by atoms with Crippen molar-refractivity contribution in [2.75, 3.05) is 7.11 Å². The number of aryl methyl sites for hydroxylation is 1. The second-order valence-electron chi connectivity index (χ2n) is 6.76. The van der Waals surface area contributed by atoms with Crippen molar-refractivity contribution >= 4 is 34.5 Å². The average Bonchev–Trinajstić information content (AvgIpc) is 3.23. The zero-order chi connectivity index (χ0) is 21.1. The summed E-state index contributed by atoms with van der Waals surface area (Å²) in [4.78, 5) is 12.6. The fourth-order valence-electron chi connectivity index (χ4n) is 3.21. The normalized spacial score (nSPS) is 11.2. The maximum atomic E-state index is 12.6. The first-order valence-electron chi connectivity index (χ1n) is 9.31. The fraction of sp³-hybridized carbons (Fsp3) is 0.0833. The topological polar surface area (TPSA) is 63.8 Å². The molecule has 0 bridgehead atoms. The molecule has 1 aromatic heterocycles. The van der Waals surface area contributed by atoms with Gasteiger partial charge in [0, 0.05) is 10.6 Å². The summed E-state index contributed by atoms with van der Waals surface area (Å²) < 4.78 is 11.2. The summed E-state index contributed by atoms with van der Waals surface area (Å²) in [5, 5.41) is 6.60. The van der Waals surface area contributed by atoms with Gasteiger partial charge in [-0.2, -0.15) is 5.10 Å². The Morgan fingerprint density at radius 1 is 1.07 bits per heavy atom. The van der Waals surface area contributed by atoms with Gasteiger partial charge in [-0.05, 0) is 59.7 Å². The predicted molar refractivity (Wildman–Crippen MR) is 119 cm³/mol. The molecule has 150 valence electrons. The van der Waals surface area contributed by atoms with Crippen LogP contribution in [0.2, 0.25) is 5.02 Å². The van der Waals surface area contributed by atoms with Crippen molar-refractivity contribution in [2.24, 2.45) is 5.10 Å². The van der Waals surface area contributed by atoms with Crippen molar-refractivity contribution in [3.05, 3.63) is 88.6 Å². The monoisotopic (exact) mass is 418 g/mol. The Morgan fingerprint density at radius 2 is 1.83 bits per heavy atom. The lowest BCUT2D eigenvalue weighted by atomic mass is 10.1. The molecule has 30 heavy (non-hydrogen) atoms. The number of hydrogen-bond donors (Lipinski definition) is 1. The molecule has 0 saturated heterocycles. The number of amides is 1. The molecule has 0 aliphatic heterocycles.